The van der Waals surface area contributed by atoms with Crippen LogP contribution in [-0.2, 0) is 6.54 Å². The predicted molar refractivity (Wildman–Crippen MR) is 87.7 cm³/mol. The van der Waals surface area contributed by atoms with Crippen LogP contribution in [0.1, 0.15) is 0 Å². The molecule has 7 nitrogen and oxygen atoms in total. The number of aromatic nitrogens is 3. The summed E-state index contributed by atoms with van der Waals surface area (Å²) < 4.78 is 1.90. The van der Waals surface area contributed by atoms with Crippen molar-refractivity contribution < 1.29 is 4.92 Å². The molecule has 1 aliphatic heterocycles. The van der Waals surface area contributed by atoms with E-state index >= 15 is 0 Å². The van der Waals surface area contributed by atoms with Gasteiger partial charge in [-0.15, -0.1) is 0 Å². The van der Waals surface area contributed by atoms with E-state index in [1.165, 1.54) is 11.8 Å². The summed E-state index contributed by atoms with van der Waals surface area (Å²) in [4.78, 5) is 16.0. The SMILES string of the molecule is CNCCn1nc2c3c(c([N+](=O)[O-])ccc31)Sc1ncccc1-2. The molecule has 0 saturated heterocycles. The molecule has 116 valence electrons. The molecular formula is C15H13N5O2S. The van der Waals surface area contributed by atoms with Gasteiger partial charge in [0.2, 0.25) is 0 Å². The van der Waals surface area contributed by atoms with E-state index in [9.17, 15) is 10.1 Å². The van der Waals surface area contributed by atoms with Crippen molar-refractivity contribution in [2.75, 3.05) is 13.6 Å². The van der Waals surface area contributed by atoms with Crippen molar-refractivity contribution in [2.45, 2.75) is 16.5 Å². The molecule has 3 aromatic rings. The van der Waals surface area contributed by atoms with Gasteiger partial charge in [0, 0.05) is 29.8 Å². The first-order valence-corrected chi connectivity index (χ1v) is 7.98. The fourth-order valence-electron chi connectivity index (χ4n) is 2.80. The van der Waals surface area contributed by atoms with Crippen LogP contribution in [0.2, 0.25) is 0 Å². The number of nitrogens with one attached hydrogen (secondary N) is 1. The summed E-state index contributed by atoms with van der Waals surface area (Å²) >= 11 is 1.35. The summed E-state index contributed by atoms with van der Waals surface area (Å²) in [5, 5.41) is 20.8. The van der Waals surface area contributed by atoms with E-state index < -0.39 is 0 Å². The van der Waals surface area contributed by atoms with Crippen LogP contribution in [0.15, 0.2) is 40.4 Å². The lowest BCUT2D eigenvalue weighted by molar-refractivity contribution is -0.387. The lowest BCUT2D eigenvalue weighted by Crippen LogP contribution is -2.15. The van der Waals surface area contributed by atoms with E-state index in [0.29, 0.717) is 11.4 Å². The monoisotopic (exact) mass is 327 g/mol. The van der Waals surface area contributed by atoms with Crippen LogP contribution in [0.25, 0.3) is 22.2 Å². The molecule has 3 heterocycles. The maximum Gasteiger partial charge on any atom is 0.284 e. The topological polar surface area (TPSA) is 85.9 Å². The first kappa shape index (κ1) is 14.2. The first-order valence-electron chi connectivity index (χ1n) is 7.16. The van der Waals surface area contributed by atoms with Crippen molar-refractivity contribution >= 4 is 28.4 Å². The van der Waals surface area contributed by atoms with Crippen LogP contribution in [0.5, 0.6) is 0 Å². The number of nitro groups is 1. The van der Waals surface area contributed by atoms with Gasteiger partial charge in [-0.05, 0) is 25.2 Å². The van der Waals surface area contributed by atoms with E-state index in [2.05, 4.69) is 10.3 Å². The van der Waals surface area contributed by atoms with Crippen LogP contribution >= 0.6 is 11.8 Å². The Morgan fingerprint density at radius 2 is 2.26 bits per heavy atom. The Labute approximate surface area is 135 Å². The van der Waals surface area contributed by atoms with E-state index in [4.69, 9.17) is 5.10 Å². The summed E-state index contributed by atoms with van der Waals surface area (Å²) in [7, 11) is 1.88. The Hall–Kier alpha value is -2.45. The lowest BCUT2D eigenvalue weighted by Gasteiger charge is -2.13. The zero-order chi connectivity index (χ0) is 16.0. The standard InChI is InChI=1S/C15H13N5O2S/c1-16-7-8-19-10-4-5-11(20(21)22)14-12(10)13(18-19)9-3-2-6-17-15(9)23-14/h2-6,16H,7-8H2,1H3. The third-order valence-corrected chi connectivity index (χ3v) is 4.98. The van der Waals surface area contributed by atoms with E-state index in [1.807, 2.05) is 23.9 Å². The fraction of sp³-hybridized carbons (Fsp3) is 0.200. The minimum atomic E-state index is -0.343. The second kappa shape index (κ2) is 5.32. The van der Waals surface area contributed by atoms with Gasteiger partial charge in [-0.25, -0.2) is 4.98 Å². The minimum absolute atomic E-state index is 0.105. The number of hydrogen-bond acceptors (Lipinski definition) is 6. The lowest BCUT2D eigenvalue weighted by atomic mass is 10.1. The third-order valence-electron chi connectivity index (χ3n) is 3.85. The van der Waals surface area contributed by atoms with Crippen LogP contribution in [0, 0.1) is 10.1 Å². The van der Waals surface area contributed by atoms with E-state index in [1.54, 1.807) is 18.3 Å². The number of rotatable bonds is 4. The molecule has 4 rings (SSSR count). The molecule has 0 atom stereocenters. The molecule has 2 aromatic heterocycles. The summed E-state index contributed by atoms with van der Waals surface area (Å²) in [6.45, 7) is 1.47. The van der Waals surface area contributed by atoms with Gasteiger partial charge >= 0.3 is 0 Å². The Kier molecular flexibility index (Phi) is 3.28. The Balaban J connectivity index is 2.04. The highest BCUT2D eigenvalue weighted by atomic mass is 32.2. The molecule has 1 N–H and O–H groups in total. The molecular weight excluding hydrogens is 314 g/mol. The van der Waals surface area contributed by atoms with Gasteiger partial charge in [0.1, 0.15) is 15.6 Å². The van der Waals surface area contributed by atoms with Gasteiger partial charge in [0.15, 0.2) is 0 Å². The number of nitrogens with zero attached hydrogens (tertiary/aromatic N) is 4. The Morgan fingerprint density at radius 1 is 1.39 bits per heavy atom. The molecule has 0 aliphatic carbocycles. The largest absolute Gasteiger partial charge is 0.318 e. The van der Waals surface area contributed by atoms with Gasteiger partial charge in [-0.3, -0.25) is 14.8 Å². The van der Waals surface area contributed by atoms with Crippen molar-refractivity contribution in [2.24, 2.45) is 0 Å². The van der Waals surface area contributed by atoms with Gasteiger partial charge < -0.3 is 5.32 Å². The summed E-state index contributed by atoms with van der Waals surface area (Å²) in [5.74, 6) is 0. The molecule has 0 bridgehead atoms. The number of pyridine rings is 1. The number of likely N-dealkylation sites (N-methyl/N-ethyl adjacent to an activating group) is 1. The molecule has 0 unspecified atom stereocenters. The Bertz CT molecular complexity index is 937. The van der Waals surface area contributed by atoms with Crippen molar-refractivity contribution in [3.05, 3.63) is 40.6 Å². The quantitative estimate of drug-likeness (QED) is 0.458. The maximum atomic E-state index is 11.4. The highest BCUT2D eigenvalue weighted by Crippen LogP contribution is 2.49. The van der Waals surface area contributed by atoms with Gasteiger partial charge in [0.25, 0.3) is 5.69 Å². The van der Waals surface area contributed by atoms with E-state index in [-0.39, 0.29) is 10.6 Å². The summed E-state index contributed by atoms with van der Waals surface area (Å²) in [5.41, 5.74) is 2.72. The third kappa shape index (κ3) is 2.10. The average molecular weight is 327 g/mol. The molecule has 0 radical (unpaired) electrons. The van der Waals surface area contributed by atoms with Crippen molar-refractivity contribution in [1.82, 2.24) is 20.1 Å². The Morgan fingerprint density at radius 3 is 3.04 bits per heavy atom. The van der Waals surface area contributed by atoms with Gasteiger partial charge in [-0.1, -0.05) is 11.8 Å². The maximum absolute atomic E-state index is 11.4. The van der Waals surface area contributed by atoms with Crippen molar-refractivity contribution in [3.63, 3.8) is 0 Å². The number of fused-ring (bicyclic) bond motifs is 2. The molecule has 0 fully saturated rings. The normalized spacial score (nSPS) is 12.4. The minimum Gasteiger partial charge on any atom is -0.318 e. The van der Waals surface area contributed by atoms with Crippen molar-refractivity contribution in [1.29, 1.82) is 0 Å². The second-order valence-electron chi connectivity index (χ2n) is 5.20. The average Bonchev–Trinajstić information content (AvgIpc) is 2.93. The highest BCUT2D eigenvalue weighted by Gasteiger charge is 2.30. The zero-order valence-electron chi connectivity index (χ0n) is 12.3. The van der Waals surface area contributed by atoms with Crippen LogP contribution in [-0.4, -0.2) is 33.3 Å². The second-order valence-corrected chi connectivity index (χ2v) is 6.20. The number of nitro benzene ring substituents is 1. The highest BCUT2D eigenvalue weighted by molar-refractivity contribution is 7.99. The van der Waals surface area contributed by atoms with Gasteiger partial charge in [-0.2, -0.15) is 5.10 Å². The van der Waals surface area contributed by atoms with Gasteiger partial charge in [0.05, 0.1) is 17.0 Å². The smallest absolute Gasteiger partial charge is 0.284 e. The molecule has 1 aliphatic rings. The molecule has 23 heavy (non-hydrogen) atoms. The van der Waals surface area contributed by atoms with E-state index in [0.717, 1.165) is 33.7 Å². The first-order chi connectivity index (χ1) is 11.2. The summed E-state index contributed by atoms with van der Waals surface area (Å²) in [6.07, 6.45) is 1.70. The molecule has 0 spiro atoms. The zero-order valence-corrected chi connectivity index (χ0v) is 13.1. The molecule has 1 aromatic carbocycles. The number of hydrogen-bond donors (Lipinski definition) is 1. The summed E-state index contributed by atoms with van der Waals surface area (Å²) in [6, 6.07) is 7.16. The van der Waals surface area contributed by atoms with Crippen LogP contribution in [0.4, 0.5) is 5.69 Å². The predicted octanol–water partition coefficient (Wildman–Crippen LogP) is 2.69. The van der Waals surface area contributed by atoms with Crippen LogP contribution < -0.4 is 5.32 Å². The fourth-order valence-corrected chi connectivity index (χ4v) is 3.93. The van der Waals surface area contributed by atoms with Crippen LogP contribution in [0.3, 0.4) is 0 Å². The molecule has 0 saturated carbocycles. The number of benzene rings is 1. The molecule has 8 heteroatoms. The van der Waals surface area contributed by atoms with Crippen molar-refractivity contribution in [3.8, 4) is 11.3 Å². The molecule has 0 amide bonds.